The van der Waals surface area contributed by atoms with E-state index >= 15 is 0 Å². The summed E-state index contributed by atoms with van der Waals surface area (Å²) < 4.78 is 5.43. The van der Waals surface area contributed by atoms with Gasteiger partial charge in [0.15, 0.2) is 5.78 Å². The second-order valence-electron chi connectivity index (χ2n) is 4.88. The molecule has 0 saturated heterocycles. The Kier molecular flexibility index (Phi) is 5.87. The molecule has 0 saturated carbocycles. The monoisotopic (exact) mass is 322 g/mol. The van der Waals surface area contributed by atoms with Gasteiger partial charge in [-0.2, -0.15) is 11.8 Å². The van der Waals surface area contributed by atoms with Crippen LogP contribution >= 0.6 is 23.5 Å². The molecule has 6 heteroatoms. The van der Waals surface area contributed by atoms with Crippen molar-refractivity contribution in [1.29, 1.82) is 0 Å². The highest BCUT2D eigenvalue weighted by Gasteiger charge is 2.11. The Morgan fingerprint density at radius 1 is 1.24 bits per heavy atom. The Morgan fingerprint density at radius 2 is 1.95 bits per heavy atom. The van der Waals surface area contributed by atoms with Gasteiger partial charge in [0, 0.05) is 5.56 Å². The summed E-state index contributed by atoms with van der Waals surface area (Å²) in [6.45, 7) is 4.27. The number of rotatable bonds is 7. The van der Waals surface area contributed by atoms with E-state index in [1.165, 1.54) is 17.3 Å². The Labute approximate surface area is 133 Å². The summed E-state index contributed by atoms with van der Waals surface area (Å²) in [7, 11) is 0. The smallest absolute Gasteiger partial charge is 0.277 e. The van der Waals surface area contributed by atoms with Crippen LogP contribution in [0.25, 0.3) is 0 Å². The van der Waals surface area contributed by atoms with E-state index in [4.69, 9.17) is 4.42 Å². The van der Waals surface area contributed by atoms with Crippen molar-refractivity contribution in [1.82, 2.24) is 10.2 Å². The van der Waals surface area contributed by atoms with Crippen LogP contribution in [0.15, 0.2) is 33.9 Å². The third-order valence-corrected chi connectivity index (χ3v) is 4.30. The van der Waals surface area contributed by atoms with Crippen molar-refractivity contribution in [3.8, 4) is 0 Å². The summed E-state index contributed by atoms with van der Waals surface area (Å²) in [5, 5.41) is 8.29. The molecule has 2 aromatic rings. The highest BCUT2D eigenvalue weighted by molar-refractivity contribution is 7.99. The van der Waals surface area contributed by atoms with E-state index in [0.29, 0.717) is 28.5 Å². The molecular weight excluding hydrogens is 304 g/mol. The fraction of sp³-hybridized carbons (Fsp3) is 0.400. The van der Waals surface area contributed by atoms with E-state index < -0.39 is 0 Å². The molecule has 0 aliphatic carbocycles. The molecule has 0 spiro atoms. The summed E-state index contributed by atoms with van der Waals surface area (Å²) in [5.74, 6) is 2.13. The number of thioether (sulfide) groups is 2. The second kappa shape index (κ2) is 7.66. The molecule has 0 atom stereocenters. The van der Waals surface area contributed by atoms with Gasteiger partial charge >= 0.3 is 0 Å². The first-order valence-corrected chi connectivity index (χ1v) is 9.05. The summed E-state index contributed by atoms with van der Waals surface area (Å²) >= 11 is 2.90. The van der Waals surface area contributed by atoms with E-state index in [2.05, 4.69) is 24.0 Å². The normalized spacial score (nSPS) is 11.0. The Hall–Kier alpha value is -1.27. The molecule has 0 radical (unpaired) electrons. The highest BCUT2D eigenvalue weighted by atomic mass is 32.2. The Morgan fingerprint density at radius 3 is 2.57 bits per heavy atom. The standard InChI is InChI=1S/C15H18N2O2S2/c1-10(2)11-4-6-12(7-5-11)13(18)8-21-15-17-16-14(19-15)9-20-3/h4-7,10H,8-9H2,1-3H3. The first-order valence-electron chi connectivity index (χ1n) is 6.67. The zero-order valence-electron chi connectivity index (χ0n) is 12.3. The van der Waals surface area contributed by atoms with E-state index in [1.807, 2.05) is 30.5 Å². The number of hydrogen-bond acceptors (Lipinski definition) is 6. The molecular formula is C15H18N2O2S2. The average molecular weight is 322 g/mol. The maximum Gasteiger partial charge on any atom is 0.277 e. The minimum Gasteiger partial charge on any atom is -0.415 e. The van der Waals surface area contributed by atoms with Gasteiger partial charge < -0.3 is 4.42 Å². The number of ketones is 1. The zero-order valence-corrected chi connectivity index (χ0v) is 14.0. The lowest BCUT2D eigenvalue weighted by atomic mass is 10.0. The van der Waals surface area contributed by atoms with Crippen LogP contribution in [0.5, 0.6) is 0 Å². The number of carbonyl (C=O) groups is 1. The molecule has 1 heterocycles. The Balaban J connectivity index is 1.91. The molecule has 0 bridgehead atoms. The molecule has 1 aromatic carbocycles. The minimum atomic E-state index is 0.0694. The van der Waals surface area contributed by atoms with E-state index in [0.717, 1.165) is 5.56 Å². The minimum absolute atomic E-state index is 0.0694. The number of benzene rings is 1. The molecule has 0 aliphatic rings. The molecule has 0 N–H and O–H groups in total. The molecule has 0 amide bonds. The number of carbonyl (C=O) groups excluding carboxylic acids is 1. The van der Waals surface area contributed by atoms with Crippen LogP contribution in [0, 0.1) is 0 Å². The topological polar surface area (TPSA) is 56.0 Å². The van der Waals surface area contributed by atoms with Crippen molar-refractivity contribution in [2.24, 2.45) is 0 Å². The maximum absolute atomic E-state index is 12.1. The second-order valence-corrected chi connectivity index (χ2v) is 6.68. The summed E-state index contributed by atoms with van der Waals surface area (Å²) in [4.78, 5) is 12.1. The van der Waals surface area contributed by atoms with Gasteiger partial charge in [-0.3, -0.25) is 4.79 Å². The van der Waals surface area contributed by atoms with E-state index in [-0.39, 0.29) is 5.78 Å². The summed E-state index contributed by atoms with van der Waals surface area (Å²) in [6.07, 6.45) is 1.97. The first kappa shape index (κ1) is 16.1. The largest absolute Gasteiger partial charge is 0.415 e. The highest BCUT2D eigenvalue weighted by Crippen LogP contribution is 2.20. The molecule has 21 heavy (non-hydrogen) atoms. The molecule has 0 fully saturated rings. The van der Waals surface area contributed by atoms with Crippen LogP contribution in [0.3, 0.4) is 0 Å². The van der Waals surface area contributed by atoms with Crippen molar-refractivity contribution in [2.45, 2.75) is 30.7 Å². The number of Topliss-reactive ketones (excluding diaryl/α,β-unsaturated/α-hetero) is 1. The number of aromatic nitrogens is 2. The molecule has 1 aromatic heterocycles. The van der Waals surface area contributed by atoms with E-state index in [1.54, 1.807) is 11.8 Å². The van der Waals surface area contributed by atoms with Crippen LogP contribution in [0.4, 0.5) is 0 Å². The van der Waals surface area contributed by atoms with Gasteiger partial charge in [-0.05, 0) is 17.7 Å². The quantitative estimate of drug-likeness (QED) is 0.566. The predicted molar refractivity (Wildman–Crippen MR) is 87.1 cm³/mol. The Bertz CT molecular complexity index is 594. The molecule has 112 valence electrons. The van der Waals surface area contributed by atoms with Gasteiger partial charge in [0.05, 0.1) is 11.5 Å². The number of hydrogen-bond donors (Lipinski definition) is 0. The van der Waals surface area contributed by atoms with Gasteiger partial charge in [0.2, 0.25) is 5.89 Å². The lowest BCUT2D eigenvalue weighted by molar-refractivity contribution is 0.102. The van der Waals surface area contributed by atoms with Crippen LogP contribution in [0.2, 0.25) is 0 Å². The van der Waals surface area contributed by atoms with Crippen molar-refractivity contribution in [3.05, 3.63) is 41.3 Å². The SMILES string of the molecule is CSCc1nnc(SCC(=O)c2ccc(C(C)C)cc2)o1. The summed E-state index contributed by atoms with van der Waals surface area (Å²) in [5.41, 5.74) is 1.95. The third kappa shape index (κ3) is 4.61. The van der Waals surface area contributed by atoms with Gasteiger partial charge in [-0.25, -0.2) is 0 Å². The maximum atomic E-state index is 12.1. The first-order chi connectivity index (χ1) is 10.1. The van der Waals surface area contributed by atoms with Crippen LogP contribution in [0.1, 0.15) is 41.6 Å². The average Bonchev–Trinajstić information content (AvgIpc) is 2.93. The molecule has 4 nitrogen and oxygen atoms in total. The number of nitrogens with zero attached hydrogens (tertiary/aromatic N) is 2. The van der Waals surface area contributed by atoms with Gasteiger partial charge in [-0.1, -0.05) is 49.9 Å². The lowest BCUT2D eigenvalue weighted by Gasteiger charge is -2.05. The van der Waals surface area contributed by atoms with Crippen molar-refractivity contribution in [2.75, 3.05) is 12.0 Å². The van der Waals surface area contributed by atoms with E-state index in [9.17, 15) is 4.79 Å². The van der Waals surface area contributed by atoms with Gasteiger partial charge in [0.25, 0.3) is 5.22 Å². The molecule has 0 aliphatic heterocycles. The third-order valence-electron chi connectivity index (χ3n) is 2.94. The van der Waals surface area contributed by atoms with Gasteiger partial charge in [-0.15, -0.1) is 10.2 Å². The van der Waals surface area contributed by atoms with Crippen LogP contribution < -0.4 is 0 Å². The zero-order chi connectivity index (χ0) is 15.2. The lowest BCUT2D eigenvalue weighted by Crippen LogP contribution is -2.02. The van der Waals surface area contributed by atoms with Crippen molar-refractivity contribution >= 4 is 29.3 Å². The van der Waals surface area contributed by atoms with Crippen molar-refractivity contribution < 1.29 is 9.21 Å². The van der Waals surface area contributed by atoms with Crippen LogP contribution in [-0.2, 0) is 5.75 Å². The summed E-state index contributed by atoms with van der Waals surface area (Å²) in [6, 6.07) is 7.77. The van der Waals surface area contributed by atoms with Crippen molar-refractivity contribution in [3.63, 3.8) is 0 Å². The fourth-order valence-corrected chi connectivity index (χ4v) is 2.78. The molecule has 2 rings (SSSR count). The predicted octanol–water partition coefficient (Wildman–Crippen LogP) is 4.03. The molecule has 0 unspecified atom stereocenters. The van der Waals surface area contributed by atoms with Crippen LogP contribution in [-0.4, -0.2) is 28.0 Å². The fourth-order valence-electron chi connectivity index (χ4n) is 1.74. The van der Waals surface area contributed by atoms with Gasteiger partial charge in [0.1, 0.15) is 0 Å².